The van der Waals surface area contributed by atoms with Crippen molar-refractivity contribution in [3.63, 3.8) is 0 Å². The first kappa shape index (κ1) is 8.26. The number of sulfone groups is 1. The highest BCUT2D eigenvalue weighted by Crippen LogP contribution is 2.55. The molecule has 1 spiro atoms. The van der Waals surface area contributed by atoms with E-state index in [4.69, 9.17) is 0 Å². The summed E-state index contributed by atoms with van der Waals surface area (Å²) in [5.74, 6) is 0.520. The third-order valence-electron chi connectivity index (χ3n) is 2.79. The lowest BCUT2D eigenvalue weighted by Crippen LogP contribution is -2.63. The fraction of sp³-hybridized carbons (Fsp3) is 0.750. The van der Waals surface area contributed by atoms with Gasteiger partial charge in [0.25, 0.3) is 0 Å². The Hall–Kier alpha value is -0.350. The minimum atomic E-state index is -2.75. The van der Waals surface area contributed by atoms with Crippen LogP contribution in [0.15, 0.2) is 12.7 Å². The maximum Gasteiger partial charge on any atom is 0.151 e. The minimum absolute atomic E-state index is 0.0955. The van der Waals surface area contributed by atoms with Crippen LogP contribution >= 0.6 is 0 Å². The highest BCUT2D eigenvalue weighted by Gasteiger charge is 2.61. The summed E-state index contributed by atoms with van der Waals surface area (Å²) in [5.41, 5.74) is -0.877. The number of rotatable bonds is 1. The molecule has 0 bridgehead atoms. The fourth-order valence-electron chi connectivity index (χ4n) is 2.49. The van der Waals surface area contributed by atoms with Crippen LogP contribution in [-0.2, 0) is 9.84 Å². The first-order chi connectivity index (χ1) is 5.39. The molecule has 68 valence electrons. The van der Waals surface area contributed by atoms with Gasteiger partial charge in [0.2, 0.25) is 0 Å². The molecule has 1 saturated carbocycles. The standard InChI is InChI=1S/C8H12O3S/c1-2-8(9)3-7(4-8)5-12(10,11)6-7/h2,9H,1,3-6H2. The van der Waals surface area contributed by atoms with Gasteiger partial charge in [-0.05, 0) is 12.8 Å². The molecule has 1 aliphatic heterocycles. The average Bonchev–Trinajstić information content (AvgIpc) is 1.80. The highest BCUT2D eigenvalue weighted by molar-refractivity contribution is 7.92. The van der Waals surface area contributed by atoms with E-state index in [0.717, 1.165) is 0 Å². The molecule has 1 aliphatic carbocycles. The summed E-state index contributed by atoms with van der Waals surface area (Å²) in [7, 11) is -2.75. The van der Waals surface area contributed by atoms with Gasteiger partial charge in [-0.25, -0.2) is 8.42 Å². The Labute approximate surface area is 72.0 Å². The molecular formula is C8H12O3S. The van der Waals surface area contributed by atoms with E-state index in [1.165, 1.54) is 6.08 Å². The van der Waals surface area contributed by atoms with Gasteiger partial charge in [0.05, 0.1) is 17.1 Å². The molecule has 0 amide bonds. The van der Waals surface area contributed by atoms with E-state index in [1.54, 1.807) is 0 Å². The van der Waals surface area contributed by atoms with Crippen molar-refractivity contribution in [1.29, 1.82) is 0 Å². The predicted molar refractivity (Wildman–Crippen MR) is 45.5 cm³/mol. The normalized spacial score (nSPS) is 33.4. The molecule has 2 fully saturated rings. The second kappa shape index (κ2) is 1.93. The summed E-state index contributed by atoms with van der Waals surface area (Å²) >= 11 is 0. The van der Waals surface area contributed by atoms with Crippen LogP contribution in [0.5, 0.6) is 0 Å². The summed E-state index contributed by atoms with van der Waals surface area (Å²) < 4.78 is 21.8. The molecule has 0 unspecified atom stereocenters. The van der Waals surface area contributed by atoms with Crippen molar-refractivity contribution in [3.8, 4) is 0 Å². The molecule has 0 aromatic heterocycles. The van der Waals surface area contributed by atoms with Crippen molar-refractivity contribution in [2.45, 2.75) is 18.4 Å². The topological polar surface area (TPSA) is 54.4 Å². The van der Waals surface area contributed by atoms with Gasteiger partial charge < -0.3 is 5.11 Å². The molecule has 0 aromatic rings. The molecule has 12 heavy (non-hydrogen) atoms. The monoisotopic (exact) mass is 188 g/mol. The zero-order chi connectivity index (χ0) is 9.04. The summed E-state index contributed by atoms with van der Waals surface area (Å²) in [6.45, 7) is 3.52. The van der Waals surface area contributed by atoms with E-state index in [-0.39, 0.29) is 16.9 Å². The second-order valence-corrected chi connectivity index (χ2v) is 6.26. The Bertz CT molecular complexity index is 308. The molecule has 0 radical (unpaired) electrons. The van der Waals surface area contributed by atoms with Gasteiger partial charge >= 0.3 is 0 Å². The van der Waals surface area contributed by atoms with E-state index in [2.05, 4.69) is 6.58 Å². The van der Waals surface area contributed by atoms with Crippen molar-refractivity contribution in [2.75, 3.05) is 11.5 Å². The molecule has 0 atom stereocenters. The first-order valence-corrected chi connectivity index (χ1v) is 5.77. The van der Waals surface area contributed by atoms with E-state index < -0.39 is 15.4 Å². The summed E-state index contributed by atoms with van der Waals surface area (Å²) in [6, 6.07) is 0. The largest absolute Gasteiger partial charge is 0.386 e. The summed E-state index contributed by atoms with van der Waals surface area (Å²) in [6.07, 6.45) is 2.66. The van der Waals surface area contributed by atoms with Crippen LogP contribution in [0.3, 0.4) is 0 Å². The van der Waals surface area contributed by atoms with Crippen LogP contribution in [-0.4, -0.2) is 30.6 Å². The molecule has 2 aliphatic rings. The van der Waals surface area contributed by atoms with Crippen molar-refractivity contribution in [1.82, 2.24) is 0 Å². The second-order valence-electron chi connectivity index (χ2n) is 4.19. The maximum absolute atomic E-state index is 10.9. The molecular weight excluding hydrogens is 176 g/mol. The SMILES string of the molecule is C=CC1(O)CC2(C1)CS(=O)(=O)C2. The average molecular weight is 188 g/mol. The quantitative estimate of drug-likeness (QED) is 0.594. The Morgan fingerprint density at radius 1 is 1.33 bits per heavy atom. The van der Waals surface area contributed by atoms with Crippen LogP contribution in [0, 0.1) is 5.41 Å². The molecule has 4 heteroatoms. The van der Waals surface area contributed by atoms with Gasteiger partial charge in [-0.1, -0.05) is 6.08 Å². The lowest BCUT2D eigenvalue weighted by Gasteiger charge is -2.56. The van der Waals surface area contributed by atoms with Gasteiger partial charge in [-0.15, -0.1) is 6.58 Å². The third kappa shape index (κ3) is 1.02. The maximum atomic E-state index is 10.9. The van der Waals surface area contributed by atoms with E-state index in [9.17, 15) is 13.5 Å². The van der Waals surface area contributed by atoms with Crippen molar-refractivity contribution in [3.05, 3.63) is 12.7 Å². The highest BCUT2D eigenvalue weighted by atomic mass is 32.2. The Morgan fingerprint density at radius 2 is 1.83 bits per heavy atom. The summed E-state index contributed by atoms with van der Waals surface area (Å²) in [5, 5.41) is 9.58. The Balaban J connectivity index is 2.03. The van der Waals surface area contributed by atoms with Gasteiger partial charge in [0.15, 0.2) is 9.84 Å². The molecule has 1 N–H and O–H groups in total. The fourth-order valence-corrected chi connectivity index (χ4v) is 4.68. The lowest BCUT2D eigenvalue weighted by atomic mass is 9.61. The number of aliphatic hydroxyl groups is 1. The molecule has 1 heterocycles. The van der Waals surface area contributed by atoms with E-state index >= 15 is 0 Å². The Kier molecular flexibility index (Phi) is 1.33. The third-order valence-corrected chi connectivity index (χ3v) is 4.90. The van der Waals surface area contributed by atoms with Crippen LogP contribution in [0.1, 0.15) is 12.8 Å². The number of hydrogen-bond donors (Lipinski definition) is 1. The first-order valence-electron chi connectivity index (χ1n) is 3.95. The van der Waals surface area contributed by atoms with Crippen LogP contribution in [0.25, 0.3) is 0 Å². The van der Waals surface area contributed by atoms with Crippen molar-refractivity contribution < 1.29 is 13.5 Å². The van der Waals surface area contributed by atoms with E-state index in [1.807, 2.05) is 0 Å². The van der Waals surface area contributed by atoms with Crippen LogP contribution in [0.2, 0.25) is 0 Å². The zero-order valence-electron chi connectivity index (χ0n) is 6.78. The molecule has 2 rings (SSSR count). The smallest absolute Gasteiger partial charge is 0.151 e. The molecule has 0 aromatic carbocycles. The summed E-state index contributed by atoms with van der Waals surface area (Å²) in [4.78, 5) is 0. The van der Waals surface area contributed by atoms with Gasteiger partial charge in [0, 0.05) is 5.41 Å². The Morgan fingerprint density at radius 3 is 2.17 bits per heavy atom. The van der Waals surface area contributed by atoms with Crippen LogP contribution in [0.4, 0.5) is 0 Å². The zero-order valence-corrected chi connectivity index (χ0v) is 7.60. The predicted octanol–water partition coefficient (Wildman–Crippen LogP) is 0.112. The molecule has 3 nitrogen and oxygen atoms in total. The number of hydrogen-bond acceptors (Lipinski definition) is 3. The van der Waals surface area contributed by atoms with Gasteiger partial charge in [0.1, 0.15) is 0 Å². The van der Waals surface area contributed by atoms with Gasteiger partial charge in [-0.2, -0.15) is 0 Å². The van der Waals surface area contributed by atoms with Gasteiger partial charge in [-0.3, -0.25) is 0 Å². The molecule has 1 saturated heterocycles. The van der Waals surface area contributed by atoms with Crippen molar-refractivity contribution >= 4 is 9.84 Å². The minimum Gasteiger partial charge on any atom is -0.386 e. The van der Waals surface area contributed by atoms with Crippen LogP contribution < -0.4 is 0 Å². The van der Waals surface area contributed by atoms with Crippen molar-refractivity contribution in [2.24, 2.45) is 5.41 Å². The lowest BCUT2D eigenvalue weighted by molar-refractivity contribution is -0.0770. The van der Waals surface area contributed by atoms with E-state index in [0.29, 0.717) is 12.8 Å².